The van der Waals surface area contributed by atoms with Crippen LogP contribution in [0.3, 0.4) is 0 Å². The Hall–Kier alpha value is -3.45. The minimum absolute atomic E-state index is 0.143. The first-order valence-corrected chi connectivity index (χ1v) is 10.7. The van der Waals surface area contributed by atoms with Crippen molar-refractivity contribution in [2.45, 2.75) is 13.8 Å². The van der Waals surface area contributed by atoms with E-state index in [9.17, 15) is 4.79 Å². The lowest BCUT2D eigenvalue weighted by Crippen LogP contribution is -2.30. The summed E-state index contributed by atoms with van der Waals surface area (Å²) in [5.74, 6) is 1.96. The summed E-state index contributed by atoms with van der Waals surface area (Å²) >= 11 is 0. The van der Waals surface area contributed by atoms with Gasteiger partial charge in [0.15, 0.2) is 0 Å². The van der Waals surface area contributed by atoms with Crippen molar-refractivity contribution < 1.29 is 23.4 Å². The minimum atomic E-state index is -0.143. The van der Waals surface area contributed by atoms with E-state index in [-0.39, 0.29) is 5.91 Å². The van der Waals surface area contributed by atoms with Gasteiger partial charge >= 0.3 is 0 Å². The average molecular weight is 453 g/mol. The maximum Gasteiger partial charge on any atom is 0.244 e. The van der Waals surface area contributed by atoms with E-state index in [1.807, 2.05) is 57.1 Å². The van der Waals surface area contributed by atoms with Crippen LogP contribution in [-0.4, -0.2) is 59.3 Å². The molecular formula is C26H32N2O5. The number of allylic oxidation sites excluding steroid dienone is 1. The van der Waals surface area contributed by atoms with Crippen LogP contribution >= 0.6 is 0 Å². The van der Waals surface area contributed by atoms with Gasteiger partial charge in [0.25, 0.3) is 0 Å². The first kappa shape index (κ1) is 24.2. The van der Waals surface area contributed by atoms with E-state index < -0.39 is 0 Å². The number of likely N-dealkylation sites (N-methyl/N-ethyl adjacent to an activating group) is 1. The number of fused-ring (bicyclic) bond motifs is 1. The van der Waals surface area contributed by atoms with E-state index in [0.29, 0.717) is 18.0 Å². The smallest absolute Gasteiger partial charge is 0.244 e. The van der Waals surface area contributed by atoms with Crippen molar-refractivity contribution in [3.05, 3.63) is 47.7 Å². The van der Waals surface area contributed by atoms with Crippen LogP contribution in [0, 0.1) is 6.92 Å². The largest absolute Gasteiger partial charge is 0.497 e. The Morgan fingerprint density at radius 1 is 1.09 bits per heavy atom. The zero-order valence-corrected chi connectivity index (χ0v) is 20.4. The number of carbonyl (C=O) groups is 1. The molecule has 0 radical (unpaired) electrons. The minimum Gasteiger partial charge on any atom is -0.497 e. The van der Waals surface area contributed by atoms with Crippen molar-refractivity contribution in [3.63, 3.8) is 0 Å². The van der Waals surface area contributed by atoms with Crippen LogP contribution in [0.4, 0.5) is 0 Å². The standard InChI is InChI=1S/C26H32N2O5/c1-16(12-24(29)27-10-11-28(3)4)19-14-21-22(15-33-26(21)17(2)25(19)32-7)20-13-18(30-5)8-9-23(20)31-6/h8-9,12-15H,10-11H2,1-7H3,(H,27,29)/b16-12+. The number of rotatable bonds is 9. The van der Waals surface area contributed by atoms with Crippen LogP contribution in [0.5, 0.6) is 17.2 Å². The molecule has 0 saturated carbocycles. The van der Waals surface area contributed by atoms with E-state index in [4.69, 9.17) is 18.6 Å². The molecule has 0 unspecified atom stereocenters. The maximum atomic E-state index is 12.5. The van der Waals surface area contributed by atoms with Gasteiger partial charge in [-0.2, -0.15) is 0 Å². The SMILES string of the molecule is COc1ccc(OC)c(-c2coc3c(C)c(OC)c(/C(C)=C/C(=O)NCCN(C)C)cc23)c1. The fraction of sp³-hybridized carbons (Fsp3) is 0.346. The number of carbonyl (C=O) groups excluding carboxylic acids is 1. The van der Waals surface area contributed by atoms with Gasteiger partial charge in [-0.15, -0.1) is 0 Å². The molecule has 2 aromatic carbocycles. The summed E-state index contributed by atoms with van der Waals surface area (Å²) in [6.45, 7) is 5.20. The molecule has 7 nitrogen and oxygen atoms in total. The van der Waals surface area contributed by atoms with E-state index in [0.717, 1.165) is 51.1 Å². The number of ether oxygens (including phenoxy) is 3. The van der Waals surface area contributed by atoms with Gasteiger partial charge in [-0.05, 0) is 57.8 Å². The predicted octanol–water partition coefficient (Wildman–Crippen LogP) is 4.52. The highest BCUT2D eigenvalue weighted by atomic mass is 16.5. The Labute approximate surface area is 194 Å². The molecule has 0 aliphatic heterocycles. The number of nitrogens with one attached hydrogen (secondary N) is 1. The molecule has 0 bridgehead atoms. The molecule has 1 N–H and O–H groups in total. The van der Waals surface area contributed by atoms with Crippen molar-refractivity contribution in [1.29, 1.82) is 0 Å². The molecule has 0 atom stereocenters. The first-order chi connectivity index (χ1) is 15.8. The molecule has 7 heteroatoms. The van der Waals surface area contributed by atoms with Gasteiger partial charge in [-0.1, -0.05) is 0 Å². The van der Waals surface area contributed by atoms with Gasteiger partial charge in [0, 0.05) is 46.8 Å². The van der Waals surface area contributed by atoms with Gasteiger partial charge in [0.05, 0.1) is 27.6 Å². The Balaban J connectivity index is 2.11. The van der Waals surface area contributed by atoms with Crippen LogP contribution in [0.1, 0.15) is 18.1 Å². The highest BCUT2D eigenvalue weighted by molar-refractivity contribution is 6.02. The van der Waals surface area contributed by atoms with Crippen molar-refractivity contribution in [3.8, 4) is 28.4 Å². The van der Waals surface area contributed by atoms with Crippen LogP contribution in [0.15, 0.2) is 41.0 Å². The number of hydrogen-bond donors (Lipinski definition) is 1. The molecule has 3 aromatic rings. The fourth-order valence-corrected chi connectivity index (χ4v) is 3.83. The number of furan rings is 1. The number of hydrogen-bond acceptors (Lipinski definition) is 6. The number of methoxy groups -OCH3 is 3. The second-order valence-corrected chi connectivity index (χ2v) is 8.10. The zero-order chi connectivity index (χ0) is 24.1. The molecule has 3 rings (SSSR count). The van der Waals surface area contributed by atoms with Gasteiger partial charge in [0.1, 0.15) is 22.8 Å². The molecule has 0 fully saturated rings. The fourth-order valence-electron chi connectivity index (χ4n) is 3.83. The lowest BCUT2D eigenvalue weighted by molar-refractivity contribution is -0.116. The third kappa shape index (κ3) is 5.14. The van der Waals surface area contributed by atoms with Crippen LogP contribution in [-0.2, 0) is 4.79 Å². The first-order valence-electron chi connectivity index (χ1n) is 10.7. The van der Waals surface area contributed by atoms with Crippen LogP contribution in [0.25, 0.3) is 27.7 Å². The van der Waals surface area contributed by atoms with Crippen LogP contribution < -0.4 is 19.5 Å². The summed E-state index contributed by atoms with van der Waals surface area (Å²) in [7, 11) is 8.82. The third-order valence-corrected chi connectivity index (χ3v) is 5.58. The quantitative estimate of drug-likeness (QED) is 0.482. The second kappa shape index (κ2) is 10.4. The summed E-state index contributed by atoms with van der Waals surface area (Å²) in [5.41, 5.74) is 4.93. The topological polar surface area (TPSA) is 73.2 Å². The summed E-state index contributed by atoms with van der Waals surface area (Å²) < 4.78 is 22.7. The lowest BCUT2D eigenvalue weighted by atomic mass is 9.96. The van der Waals surface area contributed by atoms with Crippen molar-refractivity contribution in [2.24, 2.45) is 0 Å². The molecule has 0 aliphatic rings. The molecule has 1 aromatic heterocycles. The normalized spacial score (nSPS) is 11.7. The summed E-state index contributed by atoms with van der Waals surface area (Å²) in [5, 5.41) is 3.82. The van der Waals surface area contributed by atoms with Gasteiger partial charge in [-0.25, -0.2) is 0 Å². The molecule has 0 saturated heterocycles. The van der Waals surface area contributed by atoms with Crippen LogP contribution in [0.2, 0.25) is 0 Å². The molecule has 33 heavy (non-hydrogen) atoms. The molecule has 1 heterocycles. The highest BCUT2D eigenvalue weighted by Crippen LogP contribution is 2.43. The van der Waals surface area contributed by atoms with Gasteiger partial charge in [-0.3, -0.25) is 4.79 Å². The number of benzene rings is 2. The summed E-state index contributed by atoms with van der Waals surface area (Å²) in [6, 6.07) is 7.64. The highest BCUT2D eigenvalue weighted by Gasteiger charge is 2.20. The molecule has 0 aliphatic carbocycles. The molecule has 0 spiro atoms. The second-order valence-electron chi connectivity index (χ2n) is 8.10. The van der Waals surface area contributed by atoms with E-state index in [1.165, 1.54) is 0 Å². The van der Waals surface area contributed by atoms with Gasteiger partial charge < -0.3 is 28.8 Å². The molecule has 1 amide bonds. The van der Waals surface area contributed by atoms with Crippen molar-refractivity contribution >= 4 is 22.4 Å². The third-order valence-electron chi connectivity index (χ3n) is 5.58. The predicted molar refractivity (Wildman–Crippen MR) is 131 cm³/mol. The Morgan fingerprint density at radius 3 is 2.48 bits per heavy atom. The Bertz CT molecular complexity index is 1180. The number of aryl methyl sites for hydroxylation is 1. The number of nitrogens with zero attached hydrogens (tertiary/aromatic N) is 1. The zero-order valence-electron chi connectivity index (χ0n) is 20.4. The van der Waals surface area contributed by atoms with Crippen molar-refractivity contribution in [2.75, 3.05) is 48.5 Å². The maximum absolute atomic E-state index is 12.5. The van der Waals surface area contributed by atoms with E-state index in [2.05, 4.69) is 5.32 Å². The Morgan fingerprint density at radius 2 is 1.85 bits per heavy atom. The van der Waals surface area contributed by atoms with Crippen molar-refractivity contribution in [1.82, 2.24) is 10.2 Å². The molecular weight excluding hydrogens is 420 g/mol. The average Bonchev–Trinajstić information content (AvgIpc) is 3.22. The van der Waals surface area contributed by atoms with E-state index >= 15 is 0 Å². The molecule has 176 valence electrons. The van der Waals surface area contributed by atoms with E-state index in [1.54, 1.807) is 33.7 Å². The summed E-state index contributed by atoms with van der Waals surface area (Å²) in [4.78, 5) is 14.5. The monoisotopic (exact) mass is 452 g/mol. The summed E-state index contributed by atoms with van der Waals surface area (Å²) in [6.07, 6.45) is 3.32. The lowest BCUT2D eigenvalue weighted by Gasteiger charge is -2.14. The number of amides is 1. The Kier molecular flexibility index (Phi) is 7.66. The van der Waals surface area contributed by atoms with Gasteiger partial charge in [0.2, 0.25) is 5.91 Å².